The molecule has 2 heterocycles. The summed E-state index contributed by atoms with van der Waals surface area (Å²) in [6.07, 6.45) is 2.66. The van der Waals surface area contributed by atoms with Crippen molar-refractivity contribution in [1.82, 2.24) is 10.6 Å². The van der Waals surface area contributed by atoms with Crippen molar-refractivity contribution in [3.63, 3.8) is 0 Å². The number of nitrogens with one attached hydrogen (secondary N) is 2. The minimum absolute atomic E-state index is 0.130. The van der Waals surface area contributed by atoms with Gasteiger partial charge in [0.2, 0.25) is 5.91 Å². The molecule has 0 saturated carbocycles. The van der Waals surface area contributed by atoms with Gasteiger partial charge < -0.3 is 15.4 Å². The van der Waals surface area contributed by atoms with E-state index in [1.807, 2.05) is 6.07 Å². The lowest BCUT2D eigenvalue weighted by molar-refractivity contribution is -0.122. The van der Waals surface area contributed by atoms with E-state index in [1.54, 1.807) is 0 Å². The Morgan fingerprint density at radius 1 is 1.50 bits per heavy atom. The van der Waals surface area contributed by atoms with Crippen molar-refractivity contribution in [1.29, 1.82) is 0 Å². The number of ether oxygens (including phenoxy) is 1. The molecule has 1 aromatic rings. The fraction of sp³-hybridized carbons (Fsp3) is 0.533. The first-order valence-electron chi connectivity index (χ1n) is 7.14. The zero-order valence-electron chi connectivity index (χ0n) is 11.4. The van der Waals surface area contributed by atoms with Crippen molar-refractivity contribution in [2.75, 3.05) is 19.7 Å². The molecule has 20 heavy (non-hydrogen) atoms. The van der Waals surface area contributed by atoms with Crippen LogP contribution in [0.5, 0.6) is 5.75 Å². The van der Waals surface area contributed by atoms with Gasteiger partial charge >= 0.3 is 0 Å². The number of halogens is 1. The van der Waals surface area contributed by atoms with Gasteiger partial charge in [0.05, 0.1) is 6.61 Å². The number of amides is 1. The smallest absolute Gasteiger partial charge is 0.220 e. The van der Waals surface area contributed by atoms with Gasteiger partial charge in [-0.05, 0) is 43.1 Å². The summed E-state index contributed by atoms with van der Waals surface area (Å²) in [7, 11) is 0. The summed E-state index contributed by atoms with van der Waals surface area (Å²) in [5, 5.41) is 6.30. The molecule has 1 amide bonds. The summed E-state index contributed by atoms with van der Waals surface area (Å²) >= 11 is 3.52. The van der Waals surface area contributed by atoms with Crippen LogP contribution in [0.3, 0.4) is 0 Å². The Hall–Kier alpha value is -1.07. The molecule has 0 radical (unpaired) electrons. The molecule has 2 aliphatic rings. The molecule has 108 valence electrons. The monoisotopic (exact) mass is 338 g/mol. The predicted octanol–water partition coefficient (Wildman–Crippen LogP) is 2.00. The SMILES string of the molecule is O=C(CC1CCNC1)NCc1cc(Br)cc2c1OCC2. The Kier molecular flexibility index (Phi) is 4.27. The Morgan fingerprint density at radius 2 is 2.40 bits per heavy atom. The number of hydrogen-bond acceptors (Lipinski definition) is 3. The standard InChI is InChI=1S/C15H19BrN2O2/c16-13-6-11-2-4-20-15(11)12(7-13)9-18-14(19)5-10-1-3-17-8-10/h6-7,10,17H,1-5,8-9H2,(H,18,19). The first-order chi connectivity index (χ1) is 9.72. The van der Waals surface area contributed by atoms with Gasteiger partial charge in [0, 0.05) is 29.4 Å². The molecular weight excluding hydrogens is 320 g/mol. The molecule has 1 saturated heterocycles. The third-order valence-corrected chi connectivity index (χ3v) is 4.40. The molecule has 0 aliphatic carbocycles. The molecule has 1 fully saturated rings. The predicted molar refractivity (Wildman–Crippen MR) is 80.8 cm³/mol. The van der Waals surface area contributed by atoms with Crippen LogP contribution in [0.1, 0.15) is 24.0 Å². The number of hydrogen-bond donors (Lipinski definition) is 2. The molecule has 3 rings (SSSR count). The van der Waals surface area contributed by atoms with Crippen molar-refractivity contribution in [2.45, 2.75) is 25.8 Å². The molecule has 1 aromatic carbocycles. The van der Waals surface area contributed by atoms with E-state index in [0.29, 0.717) is 18.9 Å². The number of fused-ring (bicyclic) bond motifs is 1. The molecule has 0 aromatic heterocycles. The average molecular weight is 339 g/mol. The molecule has 1 atom stereocenters. The quantitative estimate of drug-likeness (QED) is 0.882. The maximum atomic E-state index is 12.0. The van der Waals surface area contributed by atoms with Crippen LogP contribution in [0.25, 0.3) is 0 Å². The van der Waals surface area contributed by atoms with E-state index in [0.717, 1.165) is 48.3 Å². The van der Waals surface area contributed by atoms with Gasteiger partial charge in [0.1, 0.15) is 5.75 Å². The van der Waals surface area contributed by atoms with Crippen LogP contribution in [0.15, 0.2) is 16.6 Å². The highest BCUT2D eigenvalue weighted by molar-refractivity contribution is 9.10. The second-order valence-corrected chi connectivity index (χ2v) is 6.41. The minimum Gasteiger partial charge on any atom is -0.493 e. The highest BCUT2D eigenvalue weighted by atomic mass is 79.9. The molecule has 0 bridgehead atoms. The zero-order chi connectivity index (χ0) is 13.9. The summed E-state index contributed by atoms with van der Waals surface area (Å²) in [5.41, 5.74) is 2.29. The number of benzene rings is 1. The van der Waals surface area contributed by atoms with Gasteiger partial charge in [0.25, 0.3) is 0 Å². The van der Waals surface area contributed by atoms with E-state index < -0.39 is 0 Å². The summed E-state index contributed by atoms with van der Waals surface area (Å²) in [4.78, 5) is 12.0. The molecule has 2 aliphatic heterocycles. The second kappa shape index (κ2) is 6.14. The highest BCUT2D eigenvalue weighted by Gasteiger charge is 2.20. The maximum absolute atomic E-state index is 12.0. The largest absolute Gasteiger partial charge is 0.493 e. The van der Waals surface area contributed by atoms with E-state index in [-0.39, 0.29) is 5.91 Å². The Morgan fingerprint density at radius 3 is 3.20 bits per heavy atom. The Labute approximate surface area is 127 Å². The van der Waals surface area contributed by atoms with Gasteiger partial charge in [0.15, 0.2) is 0 Å². The molecular formula is C15H19BrN2O2. The average Bonchev–Trinajstić information content (AvgIpc) is 3.06. The van der Waals surface area contributed by atoms with Gasteiger partial charge in [-0.1, -0.05) is 15.9 Å². The minimum atomic E-state index is 0.130. The van der Waals surface area contributed by atoms with Crippen LogP contribution in [0, 0.1) is 5.92 Å². The van der Waals surface area contributed by atoms with E-state index in [1.165, 1.54) is 5.56 Å². The Balaban J connectivity index is 1.59. The van der Waals surface area contributed by atoms with Gasteiger partial charge in [-0.2, -0.15) is 0 Å². The lowest BCUT2D eigenvalue weighted by Crippen LogP contribution is -2.26. The number of carbonyl (C=O) groups is 1. The third kappa shape index (κ3) is 3.15. The normalized spacial score (nSPS) is 20.6. The topological polar surface area (TPSA) is 50.4 Å². The van der Waals surface area contributed by atoms with Crippen LogP contribution in [-0.2, 0) is 17.8 Å². The summed E-state index contributed by atoms with van der Waals surface area (Å²) in [6, 6.07) is 4.12. The summed E-state index contributed by atoms with van der Waals surface area (Å²) in [6.45, 7) is 3.27. The highest BCUT2D eigenvalue weighted by Crippen LogP contribution is 2.32. The first-order valence-corrected chi connectivity index (χ1v) is 7.93. The lowest BCUT2D eigenvalue weighted by Gasteiger charge is -2.12. The van der Waals surface area contributed by atoms with E-state index in [9.17, 15) is 4.79 Å². The van der Waals surface area contributed by atoms with E-state index in [4.69, 9.17) is 4.74 Å². The van der Waals surface area contributed by atoms with Gasteiger partial charge in [-0.25, -0.2) is 0 Å². The summed E-state index contributed by atoms with van der Waals surface area (Å²) in [5.74, 6) is 1.57. The van der Waals surface area contributed by atoms with Crippen molar-refractivity contribution in [3.8, 4) is 5.75 Å². The Bertz CT molecular complexity index is 513. The zero-order valence-corrected chi connectivity index (χ0v) is 13.0. The van der Waals surface area contributed by atoms with Crippen molar-refractivity contribution >= 4 is 21.8 Å². The van der Waals surface area contributed by atoms with Crippen LogP contribution in [-0.4, -0.2) is 25.6 Å². The van der Waals surface area contributed by atoms with Crippen molar-refractivity contribution in [2.24, 2.45) is 5.92 Å². The van der Waals surface area contributed by atoms with Crippen LogP contribution in [0.4, 0.5) is 0 Å². The van der Waals surface area contributed by atoms with Crippen molar-refractivity contribution < 1.29 is 9.53 Å². The van der Waals surface area contributed by atoms with Crippen LogP contribution in [0.2, 0.25) is 0 Å². The second-order valence-electron chi connectivity index (χ2n) is 5.49. The maximum Gasteiger partial charge on any atom is 0.220 e. The molecule has 4 nitrogen and oxygen atoms in total. The fourth-order valence-corrected chi connectivity index (χ4v) is 3.45. The summed E-state index contributed by atoms with van der Waals surface area (Å²) < 4.78 is 6.72. The third-order valence-electron chi connectivity index (χ3n) is 3.94. The van der Waals surface area contributed by atoms with Gasteiger partial charge in [-0.3, -0.25) is 4.79 Å². The van der Waals surface area contributed by atoms with E-state index >= 15 is 0 Å². The fourth-order valence-electron chi connectivity index (χ4n) is 2.89. The van der Waals surface area contributed by atoms with E-state index in [2.05, 4.69) is 32.6 Å². The molecule has 2 N–H and O–H groups in total. The molecule has 1 unspecified atom stereocenters. The first kappa shape index (κ1) is 13.9. The van der Waals surface area contributed by atoms with Crippen LogP contribution < -0.4 is 15.4 Å². The molecule has 0 spiro atoms. The molecule has 5 heteroatoms. The van der Waals surface area contributed by atoms with Crippen LogP contribution >= 0.6 is 15.9 Å². The number of carbonyl (C=O) groups excluding carboxylic acids is 1. The lowest BCUT2D eigenvalue weighted by atomic mass is 10.0. The number of rotatable bonds is 4. The van der Waals surface area contributed by atoms with Gasteiger partial charge in [-0.15, -0.1) is 0 Å². The van der Waals surface area contributed by atoms with Crippen molar-refractivity contribution in [3.05, 3.63) is 27.7 Å².